The van der Waals surface area contributed by atoms with Crippen molar-refractivity contribution >= 4 is 5.91 Å². The molecular formula is C18H18N4O2. The topological polar surface area (TPSA) is 69.0 Å². The van der Waals surface area contributed by atoms with Crippen molar-refractivity contribution in [2.24, 2.45) is 0 Å². The van der Waals surface area contributed by atoms with E-state index >= 15 is 0 Å². The van der Waals surface area contributed by atoms with Crippen LogP contribution in [0.5, 0.6) is 5.88 Å². The number of amides is 1. The van der Waals surface area contributed by atoms with E-state index in [1.807, 2.05) is 42.5 Å². The zero-order chi connectivity index (χ0) is 16.8. The number of hydrogen-bond donors (Lipinski definition) is 1. The number of rotatable bonds is 6. The highest BCUT2D eigenvalue weighted by Crippen LogP contribution is 2.13. The number of pyridine rings is 1. The molecule has 122 valence electrons. The van der Waals surface area contributed by atoms with E-state index in [1.54, 1.807) is 36.3 Å². The molecule has 0 aliphatic carbocycles. The molecule has 0 radical (unpaired) electrons. The van der Waals surface area contributed by atoms with E-state index in [0.717, 1.165) is 11.3 Å². The number of aromatic nitrogens is 3. The number of ether oxygens (including phenoxy) is 1. The largest absolute Gasteiger partial charge is 0.463 e. The molecule has 0 aliphatic heterocycles. The first kappa shape index (κ1) is 15.7. The Kier molecular flexibility index (Phi) is 4.86. The average Bonchev–Trinajstić information content (AvgIpc) is 3.10. The SMILES string of the molecule is C[C@H](Oc1ccn(-c2ccccc2)n1)C(=O)NCc1cccnc1. The summed E-state index contributed by atoms with van der Waals surface area (Å²) in [7, 11) is 0. The van der Waals surface area contributed by atoms with E-state index in [4.69, 9.17) is 4.74 Å². The molecule has 1 aromatic carbocycles. The van der Waals surface area contributed by atoms with Crippen LogP contribution < -0.4 is 10.1 Å². The summed E-state index contributed by atoms with van der Waals surface area (Å²) in [4.78, 5) is 16.1. The third-order valence-corrected chi connectivity index (χ3v) is 3.44. The summed E-state index contributed by atoms with van der Waals surface area (Å²) in [6, 6.07) is 15.2. The van der Waals surface area contributed by atoms with Crippen molar-refractivity contribution in [3.05, 3.63) is 72.7 Å². The molecule has 1 atom stereocenters. The van der Waals surface area contributed by atoms with Gasteiger partial charge in [0, 0.05) is 31.2 Å². The second kappa shape index (κ2) is 7.41. The van der Waals surface area contributed by atoms with Gasteiger partial charge in [0.25, 0.3) is 5.91 Å². The van der Waals surface area contributed by atoms with Crippen LogP contribution in [0, 0.1) is 0 Å². The molecule has 2 aromatic heterocycles. The first-order chi connectivity index (χ1) is 11.7. The number of carbonyl (C=O) groups excluding carboxylic acids is 1. The Labute approximate surface area is 140 Å². The van der Waals surface area contributed by atoms with Crippen molar-refractivity contribution in [2.45, 2.75) is 19.6 Å². The fourth-order valence-electron chi connectivity index (χ4n) is 2.16. The summed E-state index contributed by atoms with van der Waals surface area (Å²) in [6.07, 6.45) is 4.57. The first-order valence-electron chi connectivity index (χ1n) is 7.67. The molecule has 6 heteroatoms. The number of hydrogen-bond acceptors (Lipinski definition) is 4. The summed E-state index contributed by atoms with van der Waals surface area (Å²) in [5, 5.41) is 7.14. The minimum Gasteiger partial charge on any atom is -0.463 e. The quantitative estimate of drug-likeness (QED) is 0.756. The van der Waals surface area contributed by atoms with Crippen molar-refractivity contribution in [3.8, 4) is 11.6 Å². The minimum absolute atomic E-state index is 0.201. The molecule has 0 aliphatic rings. The lowest BCUT2D eigenvalue weighted by atomic mass is 10.3. The average molecular weight is 322 g/mol. The predicted octanol–water partition coefficient (Wildman–Crippen LogP) is 2.35. The molecule has 3 rings (SSSR count). The number of nitrogens with zero attached hydrogens (tertiary/aromatic N) is 3. The third-order valence-electron chi connectivity index (χ3n) is 3.44. The van der Waals surface area contributed by atoms with E-state index < -0.39 is 6.10 Å². The fourth-order valence-corrected chi connectivity index (χ4v) is 2.16. The van der Waals surface area contributed by atoms with E-state index in [1.165, 1.54) is 0 Å². The van der Waals surface area contributed by atoms with Gasteiger partial charge in [0.15, 0.2) is 6.10 Å². The highest BCUT2D eigenvalue weighted by atomic mass is 16.5. The summed E-state index contributed by atoms with van der Waals surface area (Å²) < 4.78 is 7.31. The van der Waals surface area contributed by atoms with Gasteiger partial charge in [0.1, 0.15) is 0 Å². The first-order valence-corrected chi connectivity index (χ1v) is 7.67. The molecule has 3 aromatic rings. The molecule has 2 heterocycles. The van der Waals surface area contributed by atoms with Crippen LogP contribution in [0.2, 0.25) is 0 Å². The van der Waals surface area contributed by atoms with Gasteiger partial charge in [-0.25, -0.2) is 4.68 Å². The molecule has 0 saturated heterocycles. The molecular weight excluding hydrogens is 304 g/mol. The van der Waals surface area contributed by atoms with E-state index in [0.29, 0.717) is 12.4 Å². The van der Waals surface area contributed by atoms with Crippen molar-refractivity contribution < 1.29 is 9.53 Å². The van der Waals surface area contributed by atoms with Gasteiger partial charge in [-0.2, -0.15) is 0 Å². The molecule has 6 nitrogen and oxygen atoms in total. The lowest BCUT2D eigenvalue weighted by Gasteiger charge is -2.12. The number of benzene rings is 1. The molecule has 0 fully saturated rings. The summed E-state index contributed by atoms with van der Waals surface area (Å²) in [6.45, 7) is 2.11. The van der Waals surface area contributed by atoms with Crippen molar-refractivity contribution in [1.29, 1.82) is 0 Å². The zero-order valence-corrected chi connectivity index (χ0v) is 13.3. The van der Waals surface area contributed by atoms with Gasteiger partial charge >= 0.3 is 0 Å². The van der Waals surface area contributed by atoms with Crippen LogP contribution in [-0.2, 0) is 11.3 Å². The standard InChI is InChI=1S/C18H18N4O2/c1-14(18(23)20-13-15-6-5-10-19-12-15)24-17-9-11-22(21-17)16-7-3-2-4-8-16/h2-12,14H,13H2,1H3,(H,20,23)/t14-/m0/s1. The molecule has 0 bridgehead atoms. The molecule has 0 unspecified atom stereocenters. The van der Waals surface area contributed by atoms with Gasteiger partial charge in [-0.05, 0) is 30.7 Å². The lowest BCUT2D eigenvalue weighted by molar-refractivity contribution is -0.127. The van der Waals surface area contributed by atoms with E-state index in [-0.39, 0.29) is 5.91 Å². The third kappa shape index (κ3) is 3.98. The Balaban J connectivity index is 1.55. The smallest absolute Gasteiger partial charge is 0.261 e. The molecule has 1 amide bonds. The van der Waals surface area contributed by atoms with Gasteiger partial charge in [-0.15, -0.1) is 5.10 Å². The van der Waals surface area contributed by atoms with Crippen LogP contribution >= 0.6 is 0 Å². The maximum absolute atomic E-state index is 12.1. The minimum atomic E-state index is -0.638. The summed E-state index contributed by atoms with van der Waals surface area (Å²) >= 11 is 0. The van der Waals surface area contributed by atoms with Crippen LogP contribution in [-0.4, -0.2) is 26.8 Å². The highest BCUT2D eigenvalue weighted by Gasteiger charge is 2.15. The Bertz CT molecular complexity index is 787. The van der Waals surface area contributed by atoms with E-state index in [9.17, 15) is 4.79 Å². The fraction of sp³-hybridized carbons (Fsp3) is 0.167. The Morgan fingerprint density at radius 1 is 1.21 bits per heavy atom. The second-order valence-corrected chi connectivity index (χ2v) is 5.27. The number of carbonyl (C=O) groups is 1. The van der Waals surface area contributed by atoms with Crippen molar-refractivity contribution in [3.63, 3.8) is 0 Å². The van der Waals surface area contributed by atoms with Gasteiger partial charge < -0.3 is 10.1 Å². The molecule has 1 N–H and O–H groups in total. The number of para-hydroxylation sites is 1. The van der Waals surface area contributed by atoms with E-state index in [2.05, 4.69) is 15.4 Å². The van der Waals surface area contributed by atoms with Crippen molar-refractivity contribution in [1.82, 2.24) is 20.1 Å². The van der Waals surface area contributed by atoms with Crippen LogP contribution in [0.15, 0.2) is 67.1 Å². The van der Waals surface area contributed by atoms with Gasteiger partial charge in [0.05, 0.1) is 5.69 Å². The van der Waals surface area contributed by atoms with Crippen LogP contribution in [0.1, 0.15) is 12.5 Å². The van der Waals surface area contributed by atoms with Gasteiger partial charge in [-0.3, -0.25) is 9.78 Å². The van der Waals surface area contributed by atoms with Crippen molar-refractivity contribution in [2.75, 3.05) is 0 Å². The van der Waals surface area contributed by atoms with Gasteiger partial charge in [0.2, 0.25) is 5.88 Å². The Morgan fingerprint density at radius 2 is 2.04 bits per heavy atom. The zero-order valence-electron chi connectivity index (χ0n) is 13.3. The second-order valence-electron chi connectivity index (χ2n) is 5.27. The van der Waals surface area contributed by atoms with Crippen LogP contribution in [0.3, 0.4) is 0 Å². The number of nitrogens with one attached hydrogen (secondary N) is 1. The van der Waals surface area contributed by atoms with Crippen LogP contribution in [0.25, 0.3) is 5.69 Å². The maximum Gasteiger partial charge on any atom is 0.261 e. The highest BCUT2D eigenvalue weighted by molar-refractivity contribution is 5.80. The lowest BCUT2D eigenvalue weighted by Crippen LogP contribution is -2.36. The van der Waals surface area contributed by atoms with Crippen LogP contribution in [0.4, 0.5) is 0 Å². The monoisotopic (exact) mass is 322 g/mol. The Morgan fingerprint density at radius 3 is 2.79 bits per heavy atom. The molecule has 24 heavy (non-hydrogen) atoms. The summed E-state index contributed by atoms with van der Waals surface area (Å²) in [5.41, 5.74) is 1.87. The molecule has 0 spiro atoms. The maximum atomic E-state index is 12.1. The Hall–Kier alpha value is -3.15. The summed E-state index contributed by atoms with van der Waals surface area (Å²) in [5.74, 6) is 0.205. The molecule has 0 saturated carbocycles. The normalized spacial score (nSPS) is 11.7. The predicted molar refractivity (Wildman–Crippen MR) is 89.7 cm³/mol. The van der Waals surface area contributed by atoms with Gasteiger partial charge in [-0.1, -0.05) is 24.3 Å².